The molecule has 0 aliphatic rings. The average Bonchev–Trinajstić information content (AvgIpc) is 3.28. The van der Waals surface area contributed by atoms with Crippen LogP contribution in [0.25, 0.3) is 43.8 Å². The Morgan fingerprint density at radius 1 is 1.00 bits per heavy atom. The van der Waals surface area contributed by atoms with E-state index in [9.17, 15) is 14.3 Å². The highest BCUT2D eigenvalue weighted by atomic mass is 19.1. The standard InChI is InChI=1S/C31H26FN5O2/c1-16-18(6-4-8-23(16)37-30-27-22(32)7-5-9-24(27)34-15-35-30)19-12-13-21(29(33)38)28-26(19)20-11-10-17(31(2,3)39)14-25(20)36-28/h4-15,36,39H,1-3H3,(H2,33,38)(H,34,35,37). The highest BCUT2D eigenvalue weighted by Crippen LogP contribution is 2.40. The van der Waals surface area contributed by atoms with Crippen molar-refractivity contribution in [3.05, 3.63) is 95.6 Å². The molecule has 1 amide bonds. The molecule has 0 unspecified atom stereocenters. The van der Waals surface area contributed by atoms with Gasteiger partial charge in [-0.3, -0.25) is 4.79 Å². The number of aromatic nitrogens is 3. The lowest BCUT2D eigenvalue weighted by Crippen LogP contribution is -2.14. The summed E-state index contributed by atoms with van der Waals surface area (Å²) in [6.45, 7) is 5.43. The van der Waals surface area contributed by atoms with Crippen molar-refractivity contribution in [2.24, 2.45) is 5.73 Å². The second-order valence-corrected chi connectivity index (χ2v) is 10.2. The fraction of sp³-hybridized carbons (Fsp3) is 0.129. The van der Waals surface area contributed by atoms with E-state index in [0.717, 1.165) is 44.2 Å². The lowest BCUT2D eigenvalue weighted by atomic mass is 9.92. The number of carbonyl (C=O) groups excluding carboxylic acids is 1. The predicted molar refractivity (Wildman–Crippen MR) is 153 cm³/mol. The summed E-state index contributed by atoms with van der Waals surface area (Å²) < 4.78 is 14.7. The molecule has 0 aliphatic heterocycles. The second-order valence-electron chi connectivity index (χ2n) is 10.2. The van der Waals surface area contributed by atoms with Crippen molar-refractivity contribution in [1.82, 2.24) is 15.0 Å². The number of rotatable bonds is 5. The number of anilines is 2. The molecule has 6 rings (SSSR count). The van der Waals surface area contributed by atoms with E-state index in [1.54, 1.807) is 32.0 Å². The molecular formula is C31H26FN5O2. The zero-order valence-electron chi connectivity index (χ0n) is 21.6. The molecule has 2 heterocycles. The van der Waals surface area contributed by atoms with Gasteiger partial charge in [0.2, 0.25) is 0 Å². The molecule has 39 heavy (non-hydrogen) atoms. The number of nitrogens with one attached hydrogen (secondary N) is 2. The van der Waals surface area contributed by atoms with Crippen LogP contribution in [0.2, 0.25) is 0 Å². The van der Waals surface area contributed by atoms with E-state index in [4.69, 9.17) is 5.73 Å². The summed E-state index contributed by atoms with van der Waals surface area (Å²) in [6.07, 6.45) is 1.41. The number of amides is 1. The van der Waals surface area contributed by atoms with Crippen molar-refractivity contribution in [3.63, 3.8) is 0 Å². The average molecular weight is 520 g/mol. The minimum atomic E-state index is -1.03. The topological polar surface area (TPSA) is 117 Å². The molecule has 5 N–H and O–H groups in total. The maximum Gasteiger partial charge on any atom is 0.250 e. The van der Waals surface area contributed by atoms with E-state index < -0.39 is 17.3 Å². The Morgan fingerprint density at radius 2 is 1.79 bits per heavy atom. The molecule has 0 saturated carbocycles. The first kappa shape index (κ1) is 24.5. The molecule has 0 atom stereocenters. The first-order valence-corrected chi connectivity index (χ1v) is 12.5. The fourth-order valence-electron chi connectivity index (χ4n) is 5.18. The maximum atomic E-state index is 14.7. The van der Waals surface area contributed by atoms with Crippen LogP contribution in [0.4, 0.5) is 15.9 Å². The zero-order valence-corrected chi connectivity index (χ0v) is 21.6. The van der Waals surface area contributed by atoms with E-state index in [1.165, 1.54) is 12.4 Å². The third-order valence-corrected chi connectivity index (χ3v) is 7.21. The van der Waals surface area contributed by atoms with Gasteiger partial charge in [0, 0.05) is 22.0 Å². The van der Waals surface area contributed by atoms with Gasteiger partial charge >= 0.3 is 0 Å². The molecule has 8 heteroatoms. The number of nitrogens with two attached hydrogens (primary N) is 1. The van der Waals surface area contributed by atoms with Gasteiger partial charge in [0.15, 0.2) is 0 Å². The Balaban J connectivity index is 1.55. The van der Waals surface area contributed by atoms with E-state index in [-0.39, 0.29) is 0 Å². The summed E-state index contributed by atoms with van der Waals surface area (Å²) in [4.78, 5) is 24.2. The Kier molecular flexibility index (Phi) is 5.59. The number of halogens is 1. The second kappa shape index (κ2) is 8.89. The molecule has 0 radical (unpaired) electrons. The number of H-pyrrole nitrogens is 1. The number of hydrogen-bond donors (Lipinski definition) is 4. The molecule has 0 bridgehead atoms. The normalized spacial score (nSPS) is 11.9. The van der Waals surface area contributed by atoms with Gasteiger partial charge in [-0.2, -0.15) is 0 Å². The molecule has 0 fully saturated rings. The van der Waals surface area contributed by atoms with E-state index >= 15 is 0 Å². The molecule has 7 nitrogen and oxygen atoms in total. The van der Waals surface area contributed by atoms with Crippen molar-refractivity contribution in [3.8, 4) is 11.1 Å². The number of nitrogens with zero attached hydrogens (tertiary/aromatic N) is 2. The molecule has 6 aromatic rings. The van der Waals surface area contributed by atoms with Crippen LogP contribution >= 0.6 is 0 Å². The fourth-order valence-corrected chi connectivity index (χ4v) is 5.18. The number of primary amides is 1. The number of benzene rings is 4. The van der Waals surface area contributed by atoms with Gasteiger partial charge in [-0.25, -0.2) is 14.4 Å². The third-order valence-electron chi connectivity index (χ3n) is 7.21. The summed E-state index contributed by atoms with van der Waals surface area (Å²) in [6, 6.07) is 19.9. The van der Waals surface area contributed by atoms with Crippen molar-refractivity contribution in [2.75, 3.05) is 5.32 Å². The molecule has 0 saturated heterocycles. The molecule has 0 spiro atoms. The lowest BCUT2D eigenvalue weighted by Gasteiger charge is -2.17. The van der Waals surface area contributed by atoms with E-state index in [0.29, 0.717) is 27.8 Å². The highest BCUT2D eigenvalue weighted by Gasteiger charge is 2.21. The SMILES string of the molecule is Cc1c(Nc2ncnc3cccc(F)c23)cccc1-c1ccc(C(N)=O)c2[nH]c3cc(C(C)(C)O)ccc3c12. The van der Waals surface area contributed by atoms with Gasteiger partial charge < -0.3 is 21.1 Å². The smallest absolute Gasteiger partial charge is 0.250 e. The summed E-state index contributed by atoms with van der Waals surface area (Å²) >= 11 is 0. The summed E-state index contributed by atoms with van der Waals surface area (Å²) in [5, 5.41) is 15.9. The van der Waals surface area contributed by atoms with Crippen LogP contribution in [0, 0.1) is 12.7 Å². The third kappa shape index (κ3) is 4.06. The van der Waals surface area contributed by atoms with Gasteiger partial charge in [-0.15, -0.1) is 0 Å². The maximum absolute atomic E-state index is 14.7. The summed E-state index contributed by atoms with van der Waals surface area (Å²) in [5.74, 6) is -0.568. The van der Waals surface area contributed by atoms with E-state index in [1.807, 2.05) is 49.4 Å². The Labute approximate surface area is 223 Å². The summed E-state index contributed by atoms with van der Waals surface area (Å²) in [7, 11) is 0. The van der Waals surface area contributed by atoms with Crippen LogP contribution in [0.15, 0.2) is 73.1 Å². The Bertz CT molecular complexity index is 1930. The Hall–Kier alpha value is -4.82. The number of hydrogen-bond acceptors (Lipinski definition) is 5. The van der Waals surface area contributed by atoms with Gasteiger partial charge in [0.1, 0.15) is 18.0 Å². The predicted octanol–water partition coefficient (Wildman–Crippen LogP) is 6.45. The molecule has 4 aromatic carbocycles. The minimum absolute atomic E-state index is 0.317. The van der Waals surface area contributed by atoms with Crippen molar-refractivity contribution in [2.45, 2.75) is 26.4 Å². The Morgan fingerprint density at radius 3 is 2.56 bits per heavy atom. The quantitative estimate of drug-likeness (QED) is 0.209. The highest BCUT2D eigenvalue weighted by molar-refractivity contribution is 6.20. The monoisotopic (exact) mass is 519 g/mol. The van der Waals surface area contributed by atoms with Crippen LogP contribution < -0.4 is 11.1 Å². The number of fused-ring (bicyclic) bond motifs is 4. The molecule has 194 valence electrons. The van der Waals surface area contributed by atoms with E-state index in [2.05, 4.69) is 20.3 Å². The van der Waals surface area contributed by atoms with Crippen LogP contribution in [0.3, 0.4) is 0 Å². The minimum Gasteiger partial charge on any atom is -0.386 e. The number of carbonyl (C=O) groups is 1. The lowest BCUT2D eigenvalue weighted by molar-refractivity contribution is 0.0787. The van der Waals surface area contributed by atoms with Crippen molar-refractivity contribution < 1.29 is 14.3 Å². The van der Waals surface area contributed by atoms with Crippen LogP contribution in [-0.4, -0.2) is 26.0 Å². The van der Waals surface area contributed by atoms with Crippen molar-refractivity contribution in [1.29, 1.82) is 0 Å². The van der Waals surface area contributed by atoms with Gasteiger partial charge in [-0.05, 0) is 73.4 Å². The zero-order chi connectivity index (χ0) is 27.5. The van der Waals surface area contributed by atoms with Gasteiger partial charge in [-0.1, -0.05) is 36.4 Å². The molecule has 0 aliphatic carbocycles. The van der Waals surface area contributed by atoms with Gasteiger partial charge in [0.05, 0.1) is 27.6 Å². The summed E-state index contributed by atoms with van der Waals surface area (Å²) in [5.41, 5.74) is 11.3. The molecule has 2 aromatic heterocycles. The molecular weight excluding hydrogens is 493 g/mol. The number of aromatic amines is 1. The number of aliphatic hydroxyl groups is 1. The largest absolute Gasteiger partial charge is 0.386 e. The van der Waals surface area contributed by atoms with Crippen molar-refractivity contribution >= 4 is 50.1 Å². The van der Waals surface area contributed by atoms with Crippen LogP contribution in [0.1, 0.15) is 35.3 Å². The first-order valence-electron chi connectivity index (χ1n) is 12.5. The van der Waals surface area contributed by atoms with Crippen LogP contribution in [0.5, 0.6) is 0 Å². The van der Waals surface area contributed by atoms with Crippen LogP contribution in [-0.2, 0) is 5.60 Å². The van der Waals surface area contributed by atoms with Gasteiger partial charge in [0.25, 0.3) is 5.91 Å². The first-order chi connectivity index (χ1) is 18.6.